The number of fused-ring (bicyclic) bond motifs is 1. The summed E-state index contributed by atoms with van der Waals surface area (Å²) in [5.41, 5.74) is 3.95. The van der Waals surface area contributed by atoms with Crippen molar-refractivity contribution >= 4 is 45.3 Å². The van der Waals surface area contributed by atoms with Crippen LogP contribution in [0, 0.1) is 0 Å². The average Bonchev–Trinajstić information content (AvgIpc) is 3.32. The molecule has 0 bridgehead atoms. The molecule has 0 atom stereocenters. The third-order valence-electron chi connectivity index (χ3n) is 4.55. The number of nitrogens with one attached hydrogen (secondary N) is 1. The first-order valence-electron chi connectivity index (χ1n) is 8.61. The molecule has 1 aromatic heterocycles. The lowest BCUT2D eigenvalue weighted by atomic mass is 10.1. The highest BCUT2D eigenvalue weighted by Gasteiger charge is 2.24. The summed E-state index contributed by atoms with van der Waals surface area (Å²) in [6.45, 7) is 0.829. The van der Waals surface area contributed by atoms with Gasteiger partial charge in [-0.2, -0.15) is 0 Å². The molecule has 136 valence electrons. The number of anilines is 2. The van der Waals surface area contributed by atoms with Crippen LogP contribution >= 0.6 is 23.6 Å². The molecule has 0 spiro atoms. The molecule has 1 N–H and O–H groups in total. The fourth-order valence-electron chi connectivity index (χ4n) is 3.20. The van der Waals surface area contributed by atoms with Crippen LogP contribution in [0.4, 0.5) is 10.7 Å². The highest BCUT2D eigenvalue weighted by molar-refractivity contribution is 7.80. The lowest BCUT2D eigenvalue weighted by Crippen LogP contribution is -2.33. The Bertz CT molecular complexity index is 998. The van der Waals surface area contributed by atoms with E-state index >= 15 is 0 Å². The normalized spacial score (nSPS) is 12.6. The van der Waals surface area contributed by atoms with Gasteiger partial charge in [0.25, 0.3) is 0 Å². The van der Waals surface area contributed by atoms with E-state index in [2.05, 4.69) is 22.3 Å². The van der Waals surface area contributed by atoms with Crippen LogP contribution in [-0.2, 0) is 11.2 Å². The van der Waals surface area contributed by atoms with Crippen LogP contribution in [-0.4, -0.2) is 24.7 Å². The lowest BCUT2D eigenvalue weighted by molar-refractivity contribution is 0.0602. The highest BCUT2D eigenvalue weighted by Crippen LogP contribution is 2.37. The minimum absolute atomic E-state index is 0.374. The van der Waals surface area contributed by atoms with E-state index in [9.17, 15) is 4.79 Å². The molecule has 0 aliphatic carbocycles. The molecule has 0 unspecified atom stereocenters. The first-order chi connectivity index (χ1) is 13.2. The van der Waals surface area contributed by atoms with Crippen molar-refractivity contribution in [2.75, 3.05) is 23.9 Å². The number of hydrogen-bond acceptors (Lipinski definition) is 4. The molecule has 4 nitrogen and oxygen atoms in total. The largest absolute Gasteiger partial charge is 0.465 e. The van der Waals surface area contributed by atoms with E-state index in [0.717, 1.165) is 29.1 Å². The molecule has 2 heterocycles. The van der Waals surface area contributed by atoms with Gasteiger partial charge in [0, 0.05) is 17.1 Å². The second-order valence-corrected chi connectivity index (χ2v) is 7.61. The van der Waals surface area contributed by atoms with Gasteiger partial charge in [0.1, 0.15) is 5.00 Å². The van der Waals surface area contributed by atoms with Crippen LogP contribution in [0.3, 0.4) is 0 Å². The minimum Gasteiger partial charge on any atom is -0.465 e. The summed E-state index contributed by atoms with van der Waals surface area (Å²) in [6, 6.07) is 20.1. The monoisotopic (exact) mass is 394 g/mol. The first-order valence-corrected chi connectivity index (χ1v) is 9.84. The van der Waals surface area contributed by atoms with E-state index in [4.69, 9.17) is 17.0 Å². The molecule has 2 aromatic carbocycles. The van der Waals surface area contributed by atoms with Crippen LogP contribution < -0.4 is 10.2 Å². The molecule has 0 saturated carbocycles. The number of para-hydroxylation sites is 1. The summed E-state index contributed by atoms with van der Waals surface area (Å²) >= 11 is 7.15. The zero-order valence-corrected chi connectivity index (χ0v) is 16.4. The standard InChI is InChI=1S/C21H18N2O2S2/c1-25-20(24)16-13-18(15-8-3-2-4-9-15)27-19(16)22-21(26)23-12-11-14-7-5-6-10-17(14)23/h2-10,13H,11-12H2,1H3,(H,22,26). The highest BCUT2D eigenvalue weighted by atomic mass is 32.1. The third-order valence-corrected chi connectivity index (χ3v) is 5.97. The third kappa shape index (κ3) is 3.46. The molecule has 0 saturated heterocycles. The number of carbonyl (C=O) groups is 1. The number of esters is 1. The number of rotatable bonds is 3. The van der Waals surface area contributed by atoms with Crippen LogP contribution in [0.5, 0.6) is 0 Å². The summed E-state index contributed by atoms with van der Waals surface area (Å²) < 4.78 is 4.96. The Labute approximate surface area is 167 Å². The smallest absolute Gasteiger partial charge is 0.340 e. The maximum absolute atomic E-state index is 12.3. The van der Waals surface area contributed by atoms with E-state index in [1.807, 2.05) is 48.5 Å². The summed E-state index contributed by atoms with van der Waals surface area (Å²) in [4.78, 5) is 15.3. The van der Waals surface area contributed by atoms with Gasteiger partial charge in [0.2, 0.25) is 0 Å². The van der Waals surface area contributed by atoms with E-state index < -0.39 is 0 Å². The summed E-state index contributed by atoms with van der Waals surface area (Å²) in [7, 11) is 1.39. The number of hydrogen-bond donors (Lipinski definition) is 1. The van der Waals surface area contributed by atoms with Gasteiger partial charge in [0.05, 0.1) is 12.7 Å². The predicted octanol–water partition coefficient (Wildman–Crippen LogP) is 4.96. The summed E-state index contributed by atoms with van der Waals surface area (Å²) in [5, 5.41) is 4.57. The molecule has 0 radical (unpaired) electrons. The molecule has 3 aromatic rings. The van der Waals surface area contributed by atoms with Crippen molar-refractivity contribution < 1.29 is 9.53 Å². The number of benzene rings is 2. The van der Waals surface area contributed by atoms with Crippen molar-refractivity contribution in [3.8, 4) is 10.4 Å². The van der Waals surface area contributed by atoms with Crippen LogP contribution in [0.15, 0.2) is 60.7 Å². The Morgan fingerprint density at radius 1 is 1.15 bits per heavy atom. The van der Waals surface area contributed by atoms with Gasteiger partial charge in [0.15, 0.2) is 5.11 Å². The average molecular weight is 395 g/mol. The van der Waals surface area contributed by atoms with Gasteiger partial charge in [-0.25, -0.2) is 4.79 Å². The van der Waals surface area contributed by atoms with Crippen molar-refractivity contribution in [2.45, 2.75) is 6.42 Å². The summed E-state index contributed by atoms with van der Waals surface area (Å²) in [5.74, 6) is -0.374. The van der Waals surface area contributed by atoms with Crippen molar-refractivity contribution in [3.63, 3.8) is 0 Å². The Balaban J connectivity index is 1.64. The van der Waals surface area contributed by atoms with E-state index in [-0.39, 0.29) is 5.97 Å². The van der Waals surface area contributed by atoms with E-state index in [0.29, 0.717) is 15.7 Å². The number of methoxy groups -OCH3 is 1. The van der Waals surface area contributed by atoms with E-state index in [1.165, 1.54) is 24.0 Å². The Kier molecular flexibility index (Phi) is 4.92. The fraction of sp³-hybridized carbons (Fsp3) is 0.143. The zero-order chi connectivity index (χ0) is 18.8. The van der Waals surface area contributed by atoms with Gasteiger partial charge in [-0.1, -0.05) is 48.5 Å². The van der Waals surface area contributed by atoms with Crippen LogP contribution in [0.1, 0.15) is 15.9 Å². The lowest BCUT2D eigenvalue weighted by Gasteiger charge is -2.21. The van der Waals surface area contributed by atoms with E-state index in [1.54, 1.807) is 0 Å². The van der Waals surface area contributed by atoms with Crippen LogP contribution in [0.25, 0.3) is 10.4 Å². The Hall–Kier alpha value is -2.70. The van der Waals surface area contributed by atoms with Crippen molar-refractivity contribution in [1.82, 2.24) is 0 Å². The molecule has 6 heteroatoms. The van der Waals surface area contributed by atoms with Gasteiger partial charge in [-0.15, -0.1) is 11.3 Å². The SMILES string of the molecule is COC(=O)c1cc(-c2ccccc2)sc1NC(=S)N1CCc2ccccc21. The van der Waals surface area contributed by atoms with Crippen molar-refractivity contribution in [3.05, 3.63) is 71.8 Å². The van der Waals surface area contributed by atoms with Gasteiger partial charge >= 0.3 is 5.97 Å². The second-order valence-electron chi connectivity index (χ2n) is 6.17. The minimum atomic E-state index is -0.374. The molecule has 27 heavy (non-hydrogen) atoms. The quantitative estimate of drug-likeness (QED) is 0.502. The molecular formula is C21H18N2O2S2. The number of thiocarbonyl (C=S) groups is 1. The Morgan fingerprint density at radius 3 is 2.67 bits per heavy atom. The number of nitrogens with zero attached hydrogens (tertiary/aromatic N) is 1. The number of ether oxygens (including phenoxy) is 1. The zero-order valence-electron chi connectivity index (χ0n) is 14.8. The predicted molar refractivity (Wildman–Crippen MR) is 115 cm³/mol. The molecule has 1 aliphatic heterocycles. The topological polar surface area (TPSA) is 41.6 Å². The molecule has 1 aliphatic rings. The molecular weight excluding hydrogens is 376 g/mol. The maximum atomic E-state index is 12.3. The van der Waals surface area contributed by atoms with Crippen molar-refractivity contribution in [1.29, 1.82) is 0 Å². The first kappa shape index (κ1) is 17.7. The van der Waals surface area contributed by atoms with Gasteiger partial charge < -0.3 is 15.0 Å². The second kappa shape index (κ2) is 7.50. The Morgan fingerprint density at radius 2 is 1.89 bits per heavy atom. The number of thiophene rings is 1. The molecule has 4 rings (SSSR count). The van der Waals surface area contributed by atoms with Crippen LogP contribution in [0.2, 0.25) is 0 Å². The van der Waals surface area contributed by atoms with Crippen molar-refractivity contribution in [2.24, 2.45) is 0 Å². The fourth-order valence-corrected chi connectivity index (χ4v) is 4.61. The molecule has 0 amide bonds. The maximum Gasteiger partial charge on any atom is 0.340 e. The summed E-state index contributed by atoms with van der Waals surface area (Å²) in [6.07, 6.45) is 0.960. The van der Waals surface area contributed by atoms with Gasteiger partial charge in [-0.05, 0) is 41.9 Å². The van der Waals surface area contributed by atoms with Gasteiger partial charge in [-0.3, -0.25) is 0 Å². The number of carbonyl (C=O) groups excluding carboxylic acids is 1. The molecule has 0 fully saturated rings.